The van der Waals surface area contributed by atoms with E-state index >= 15 is 0 Å². The summed E-state index contributed by atoms with van der Waals surface area (Å²) in [7, 11) is 0. The maximum atomic E-state index is 12.2. The van der Waals surface area contributed by atoms with E-state index in [4.69, 9.17) is 0 Å². The number of para-hydroxylation sites is 1. The summed E-state index contributed by atoms with van der Waals surface area (Å²) >= 11 is 4.67. The van der Waals surface area contributed by atoms with Gasteiger partial charge in [0.15, 0.2) is 0 Å². The molecular formula is C19H16BrN5OS. The highest BCUT2D eigenvalue weighted by atomic mass is 79.9. The van der Waals surface area contributed by atoms with Gasteiger partial charge in [-0.1, -0.05) is 45.5 Å². The van der Waals surface area contributed by atoms with E-state index in [9.17, 15) is 4.79 Å². The summed E-state index contributed by atoms with van der Waals surface area (Å²) in [5.41, 5.74) is 2.97. The fraction of sp³-hybridized carbons (Fsp3) is 0.105. The minimum absolute atomic E-state index is 0.205. The van der Waals surface area contributed by atoms with Crippen LogP contribution in [0.1, 0.15) is 15.9 Å². The number of hydrogen-bond acceptors (Lipinski definition) is 5. The van der Waals surface area contributed by atoms with Crippen LogP contribution in [0.2, 0.25) is 0 Å². The number of nitrogens with one attached hydrogen (secondary N) is 3. The normalized spacial score (nSPS) is 10.9. The van der Waals surface area contributed by atoms with Crippen molar-refractivity contribution in [1.29, 1.82) is 0 Å². The van der Waals surface area contributed by atoms with Crippen molar-refractivity contribution >= 4 is 54.3 Å². The van der Waals surface area contributed by atoms with Gasteiger partial charge >= 0.3 is 0 Å². The van der Waals surface area contributed by atoms with Crippen LogP contribution in [0.5, 0.6) is 0 Å². The van der Waals surface area contributed by atoms with E-state index in [-0.39, 0.29) is 5.91 Å². The summed E-state index contributed by atoms with van der Waals surface area (Å²) in [5.74, 6) is -0.205. The first kappa shape index (κ1) is 17.7. The van der Waals surface area contributed by atoms with Gasteiger partial charge in [0, 0.05) is 33.7 Å². The van der Waals surface area contributed by atoms with Crippen molar-refractivity contribution in [2.24, 2.45) is 0 Å². The van der Waals surface area contributed by atoms with Crippen LogP contribution in [-0.2, 0) is 6.42 Å². The van der Waals surface area contributed by atoms with Crippen molar-refractivity contribution in [3.8, 4) is 0 Å². The highest BCUT2D eigenvalue weighted by Gasteiger charge is 2.10. The summed E-state index contributed by atoms with van der Waals surface area (Å²) in [6.07, 6.45) is 2.90. The van der Waals surface area contributed by atoms with E-state index in [1.165, 1.54) is 22.3 Å². The zero-order valence-electron chi connectivity index (χ0n) is 14.2. The largest absolute Gasteiger partial charge is 0.361 e. The van der Waals surface area contributed by atoms with E-state index in [0.717, 1.165) is 23.0 Å². The Labute approximate surface area is 168 Å². The van der Waals surface area contributed by atoms with Gasteiger partial charge < -0.3 is 10.3 Å². The molecule has 0 aliphatic heterocycles. The van der Waals surface area contributed by atoms with Gasteiger partial charge in [0.05, 0.1) is 0 Å². The molecule has 4 aromatic rings. The lowest BCUT2D eigenvalue weighted by molar-refractivity contribution is 0.102. The second-order valence-corrected chi connectivity index (χ2v) is 7.80. The van der Waals surface area contributed by atoms with Crippen LogP contribution in [0, 0.1) is 0 Å². The Balaban J connectivity index is 1.33. The standard InChI is InChI=1S/C19H16BrN5OS/c20-14-7-5-12(6-8-14)17(26)23-19-25-24-18(27-19)21-10-9-13-11-22-16-4-2-1-3-15(13)16/h1-8,11,22H,9-10H2,(H,21,24)(H,23,25,26). The van der Waals surface area contributed by atoms with Crippen LogP contribution in [0.15, 0.2) is 59.2 Å². The third kappa shape index (κ3) is 4.17. The predicted octanol–water partition coefficient (Wildman–Crippen LogP) is 4.69. The first-order chi connectivity index (χ1) is 13.2. The van der Waals surface area contributed by atoms with E-state index in [0.29, 0.717) is 15.8 Å². The van der Waals surface area contributed by atoms with Crippen molar-refractivity contribution in [3.63, 3.8) is 0 Å². The number of benzene rings is 2. The highest BCUT2D eigenvalue weighted by Crippen LogP contribution is 2.22. The lowest BCUT2D eigenvalue weighted by Gasteiger charge is -2.02. The van der Waals surface area contributed by atoms with Gasteiger partial charge in [0.1, 0.15) is 0 Å². The predicted molar refractivity (Wildman–Crippen MR) is 112 cm³/mol. The average Bonchev–Trinajstić information content (AvgIpc) is 3.29. The number of hydrogen-bond donors (Lipinski definition) is 3. The Morgan fingerprint density at radius 1 is 1.07 bits per heavy atom. The van der Waals surface area contributed by atoms with Gasteiger partial charge in [-0.25, -0.2) is 0 Å². The number of nitrogens with zero attached hydrogens (tertiary/aromatic N) is 2. The van der Waals surface area contributed by atoms with Crippen LogP contribution in [0.3, 0.4) is 0 Å². The van der Waals surface area contributed by atoms with Gasteiger partial charge in [-0.15, -0.1) is 10.2 Å². The second kappa shape index (κ2) is 7.89. The van der Waals surface area contributed by atoms with Gasteiger partial charge in [0.2, 0.25) is 10.3 Å². The Morgan fingerprint density at radius 2 is 1.85 bits per heavy atom. The summed E-state index contributed by atoms with van der Waals surface area (Å²) in [6, 6.07) is 15.4. The quantitative estimate of drug-likeness (QED) is 0.405. The number of fused-ring (bicyclic) bond motifs is 1. The molecule has 0 radical (unpaired) electrons. The minimum atomic E-state index is -0.205. The van der Waals surface area contributed by atoms with Crippen molar-refractivity contribution in [3.05, 3.63) is 70.3 Å². The summed E-state index contributed by atoms with van der Waals surface area (Å²) < 4.78 is 0.927. The molecule has 1 amide bonds. The molecule has 0 aliphatic carbocycles. The number of carbonyl (C=O) groups is 1. The van der Waals surface area contributed by atoms with Gasteiger partial charge in [-0.05, 0) is 42.3 Å². The highest BCUT2D eigenvalue weighted by molar-refractivity contribution is 9.10. The molecule has 4 rings (SSSR count). The zero-order chi connectivity index (χ0) is 18.6. The monoisotopic (exact) mass is 441 g/mol. The topological polar surface area (TPSA) is 82.7 Å². The van der Waals surface area contributed by atoms with Gasteiger partial charge in [-0.3, -0.25) is 10.1 Å². The molecule has 27 heavy (non-hydrogen) atoms. The van der Waals surface area contributed by atoms with Crippen LogP contribution in [0.4, 0.5) is 10.3 Å². The van der Waals surface area contributed by atoms with Crippen LogP contribution in [-0.4, -0.2) is 27.6 Å². The molecule has 2 aromatic carbocycles. The van der Waals surface area contributed by atoms with Crippen LogP contribution < -0.4 is 10.6 Å². The molecule has 0 saturated heterocycles. The summed E-state index contributed by atoms with van der Waals surface area (Å²) in [5, 5.41) is 16.5. The molecule has 0 saturated carbocycles. The molecule has 0 aliphatic rings. The first-order valence-electron chi connectivity index (χ1n) is 8.38. The Kier molecular flexibility index (Phi) is 5.17. The number of halogens is 1. The molecule has 2 aromatic heterocycles. The van der Waals surface area contributed by atoms with E-state index in [2.05, 4.69) is 53.9 Å². The number of amides is 1. The lowest BCUT2D eigenvalue weighted by Crippen LogP contribution is -2.11. The maximum Gasteiger partial charge on any atom is 0.257 e. The minimum Gasteiger partial charge on any atom is -0.361 e. The number of aromatic nitrogens is 3. The Hall–Kier alpha value is -2.71. The molecule has 6 nitrogen and oxygen atoms in total. The number of carbonyl (C=O) groups excluding carboxylic acids is 1. The van der Waals surface area contributed by atoms with Crippen molar-refractivity contribution in [1.82, 2.24) is 15.2 Å². The van der Waals surface area contributed by atoms with Crippen LogP contribution in [0.25, 0.3) is 10.9 Å². The van der Waals surface area contributed by atoms with Crippen molar-refractivity contribution < 1.29 is 4.79 Å². The Morgan fingerprint density at radius 3 is 2.70 bits per heavy atom. The fourth-order valence-corrected chi connectivity index (χ4v) is 3.69. The molecule has 8 heteroatoms. The molecule has 3 N–H and O–H groups in total. The molecule has 0 spiro atoms. The fourth-order valence-electron chi connectivity index (χ4n) is 2.76. The third-order valence-electron chi connectivity index (χ3n) is 4.10. The first-order valence-corrected chi connectivity index (χ1v) is 9.99. The summed E-state index contributed by atoms with van der Waals surface area (Å²) in [4.78, 5) is 15.5. The molecule has 2 heterocycles. The second-order valence-electron chi connectivity index (χ2n) is 5.91. The number of H-pyrrole nitrogens is 1. The average molecular weight is 442 g/mol. The van der Waals surface area contributed by atoms with Crippen LogP contribution >= 0.6 is 27.3 Å². The van der Waals surface area contributed by atoms with Crippen molar-refractivity contribution in [2.75, 3.05) is 17.2 Å². The van der Waals surface area contributed by atoms with Crippen molar-refractivity contribution in [2.45, 2.75) is 6.42 Å². The Bertz CT molecular complexity index is 1070. The van der Waals surface area contributed by atoms with Gasteiger partial charge in [-0.2, -0.15) is 0 Å². The zero-order valence-corrected chi connectivity index (χ0v) is 16.6. The van der Waals surface area contributed by atoms with E-state index < -0.39 is 0 Å². The number of aromatic amines is 1. The number of rotatable bonds is 6. The lowest BCUT2D eigenvalue weighted by atomic mass is 10.1. The summed E-state index contributed by atoms with van der Waals surface area (Å²) in [6.45, 7) is 0.733. The molecule has 0 atom stereocenters. The van der Waals surface area contributed by atoms with Gasteiger partial charge in [0.25, 0.3) is 5.91 Å². The van der Waals surface area contributed by atoms with E-state index in [1.807, 2.05) is 30.5 Å². The molecular weight excluding hydrogens is 426 g/mol. The molecule has 0 unspecified atom stereocenters. The maximum absolute atomic E-state index is 12.2. The smallest absolute Gasteiger partial charge is 0.257 e. The molecule has 136 valence electrons. The van der Waals surface area contributed by atoms with E-state index in [1.54, 1.807) is 12.1 Å². The molecule has 0 bridgehead atoms. The third-order valence-corrected chi connectivity index (χ3v) is 5.42. The SMILES string of the molecule is O=C(Nc1nnc(NCCc2c[nH]c3ccccc23)s1)c1ccc(Br)cc1. The molecule has 0 fully saturated rings. The number of anilines is 2.